The predicted octanol–water partition coefficient (Wildman–Crippen LogP) is 3.34. The van der Waals surface area contributed by atoms with Crippen molar-refractivity contribution in [3.8, 4) is 22.5 Å². The Hall–Kier alpha value is -3.68. The summed E-state index contributed by atoms with van der Waals surface area (Å²) in [5, 5.41) is 7.35. The van der Waals surface area contributed by atoms with Crippen LogP contribution in [-0.4, -0.2) is 43.2 Å². The minimum Gasteiger partial charge on any atom is -0.345 e. The summed E-state index contributed by atoms with van der Waals surface area (Å²) in [6, 6.07) is 9.91. The molecule has 8 nitrogen and oxygen atoms in total. The second-order valence-corrected chi connectivity index (χ2v) is 7.49. The fraction of sp³-hybridized carbons (Fsp3) is 0.238. The van der Waals surface area contributed by atoms with Gasteiger partial charge < -0.3 is 10.3 Å². The van der Waals surface area contributed by atoms with Crippen molar-refractivity contribution in [2.24, 2.45) is 5.92 Å². The fourth-order valence-electron chi connectivity index (χ4n) is 3.75. The number of aromatic nitrogens is 5. The zero-order chi connectivity index (χ0) is 20.0. The summed E-state index contributed by atoms with van der Waals surface area (Å²) >= 11 is 0. The predicted molar refractivity (Wildman–Crippen MR) is 111 cm³/mol. The molecule has 0 bridgehead atoms. The molecule has 1 saturated heterocycles. The van der Waals surface area contributed by atoms with Crippen LogP contribution in [0.15, 0.2) is 55.1 Å². The van der Waals surface area contributed by atoms with E-state index in [1.807, 2.05) is 36.5 Å². The van der Waals surface area contributed by atoms with Crippen LogP contribution in [0.3, 0.4) is 0 Å². The molecule has 4 heterocycles. The van der Waals surface area contributed by atoms with Crippen molar-refractivity contribution in [2.45, 2.75) is 19.9 Å². The lowest BCUT2D eigenvalue weighted by atomic mass is 10.0. The standard InChI is InChI=1S/C21H21N7O/c1-13(2)17-12-24-21(29)28(17)18-7-10-27-20(26-18)16(11-25-27)14-3-5-15(6-4-14)19-22-8-9-23-19/h3-11,13,17H,12H2,1-2H3,(H,22,23)(H,24,29)/t17-/m1/s1. The summed E-state index contributed by atoms with van der Waals surface area (Å²) in [5.41, 5.74) is 3.65. The molecule has 2 amide bonds. The van der Waals surface area contributed by atoms with Gasteiger partial charge in [0.25, 0.3) is 0 Å². The number of anilines is 1. The van der Waals surface area contributed by atoms with E-state index in [9.17, 15) is 4.79 Å². The molecule has 1 aliphatic heterocycles. The van der Waals surface area contributed by atoms with Gasteiger partial charge in [-0.25, -0.2) is 19.3 Å². The van der Waals surface area contributed by atoms with E-state index in [-0.39, 0.29) is 12.1 Å². The number of nitrogens with one attached hydrogen (secondary N) is 2. The highest BCUT2D eigenvalue weighted by molar-refractivity contribution is 5.94. The monoisotopic (exact) mass is 387 g/mol. The van der Waals surface area contributed by atoms with Gasteiger partial charge in [0.05, 0.1) is 12.2 Å². The smallest absolute Gasteiger partial charge is 0.323 e. The van der Waals surface area contributed by atoms with E-state index in [1.54, 1.807) is 28.0 Å². The highest BCUT2D eigenvalue weighted by Gasteiger charge is 2.35. The van der Waals surface area contributed by atoms with E-state index >= 15 is 0 Å². The summed E-state index contributed by atoms with van der Waals surface area (Å²) in [5.74, 6) is 1.79. The molecule has 1 atom stereocenters. The molecule has 29 heavy (non-hydrogen) atoms. The molecule has 0 aliphatic carbocycles. The van der Waals surface area contributed by atoms with Crippen LogP contribution >= 0.6 is 0 Å². The Kier molecular flexibility index (Phi) is 4.04. The Morgan fingerprint density at radius 1 is 1.14 bits per heavy atom. The van der Waals surface area contributed by atoms with Gasteiger partial charge in [-0.2, -0.15) is 5.10 Å². The number of H-pyrrole nitrogens is 1. The molecule has 0 spiro atoms. The number of carbonyl (C=O) groups is 1. The van der Waals surface area contributed by atoms with E-state index in [0.29, 0.717) is 18.3 Å². The van der Waals surface area contributed by atoms with Gasteiger partial charge in [0.2, 0.25) is 0 Å². The molecular weight excluding hydrogens is 366 g/mol. The topological polar surface area (TPSA) is 91.2 Å². The molecule has 1 aromatic carbocycles. The van der Waals surface area contributed by atoms with Crippen LogP contribution in [-0.2, 0) is 0 Å². The average molecular weight is 387 g/mol. The molecular formula is C21H21N7O. The van der Waals surface area contributed by atoms with Crippen molar-refractivity contribution < 1.29 is 4.79 Å². The quantitative estimate of drug-likeness (QED) is 0.562. The van der Waals surface area contributed by atoms with Crippen molar-refractivity contribution in [3.63, 3.8) is 0 Å². The third-order valence-electron chi connectivity index (χ3n) is 5.35. The van der Waals surface area contributed by atoms with Crippen LogP contribution in [0.2, 0.25) is 0 Å². The summed E-state index contributed by atoms with van der Waals surface area (Å²) in [6.45, 7) is 4.85. The first-order chi connectivity index (χ1) is 14.1. The Morgan fingerprint density at radius 2 is 1.93 bits per heavy atom. The fourth-order valence-corrected chi connectivity index (χ4v) is 3.75. The summed E-state index contributed by atoms with van der Waals surface area (Å²) < 4.78 is 1.73. The third kappa shape index (κ3) is 2.93. The van der Waals surface area contributed by atoms with Gasteiger partial charge in [-0.3, -0.25) is 4.90 Å². The lowest BCUT2D eigenvalue weighted by Crippen LogP contribution is -2.38. The summed E-state index contributed by atoms with van der Waals surface area (Å²) in [6.07, 6.45) is 7.19. The SMILES string of the molecule is CC(C)[C@H]1CNC(=O)N1c1ccn2ncc(-c3ccc(-c4ncc[nH]4)cc3)c2n1. The van der Waals surface area contributed by atoms with Crippen LogP contribution in [0.25, 0.3) is 28.2 Å². The van der Waals surface area contributed by atoms with Crippen LogP contribution in [0.5, 0.6) is 0 Å². The van der Waals surface area contributed by atoms with Crippen LogP contribution in [0.1, 0.15) is 13.8 Å². The number of nitrogens with zero attached hydrogens (tertiary/aromatic N) is 5. The van der Waals surface area contributed by atoms with Crippen molar-refractivity contribution in [1.29, 1.82) is 0 Å². The molecule has 0 unspecified atom stereocenters. The number of hydrogen-bond acceptors (Lipinski definition) is 4. The average Bonchev–Trinajstić information content (AvgIpc) is 3.47. The molecule has 2 N–H and O–H groups in total. The highest BCUT2D eigenvalue weighted by atomic mass is 16.2. The number of imidazole rings is 1. The third-order valence-corrected chi connectivity index (χ3v) is 5.35. The Morgan fingerprint density at radius 3 is 2.66 bits per heavy atom. The van der Waals surface area contributed by atoms with Crippen molar-refractivity contribution in [2.75, 3.05) is 11.4 Å². The molecule has 3 aromatic heterocycles. The van der Waals surface area contributed by atoms with E-state index in [4.69, 9.17) is 4.98 Å². The zero-order valence-electron chi connectivity index (χ0n) is 16.2. The minimum absolute atomic E-state index is 0.0800. The van der Waals surface area contributed by atoms with Gasteiger partial charge in [0.15, 0.2) is 5.65 Å². The van der Waals surface area contributed by atoms with Gasteiger partial charge >= 0.3 is 6.03 Å². The lowest BCUT2D eigenvalue weighted by Gasteiger charge is -2.25. The van der Waals surface area contributed by atoms with Gasteiger partial charge in [0.1, 0.15) is 11.6 Å². The number of hydrogen-bond donors (Lipinski definition) is 2. The first-order valence-corrected chi connectivity index (χ1v) is 9.63. The largest absolute Gasteiger partial charge is 0.345 e. The summed E-state index contributed by atoms with van der Waals surface area (Å²) in [4.78, 5) is 26.4. The lowest BCUT2D eigenvalue weighted by molar-refractivity contribution is 0.251. The Labute approximate surface area is 167 Å². The maximum atomic E-state index is 12.4. The number of urea groups is 1. The van der Waals surface area contributed by atoms with E-state index in [1.165, 1.54) is 0 Å². The molecule has 0 radical (unpaired) electrons. The first-order valence-electron chi connectivity index (χ1n) is 9.63. The molecule has 5 rings (SSSR count). The number of rotatable bonds is 4. The van der Waals surface area contributed by atoms with Crippen LogP contribution in [0, 0.1) is 5.92 Å². The van der Waals surface area contributed by atoms with Crippen molar-refractivity contribution in [3.05, 3.63) is 55.1 Å². The second-order valence-electron chi connectivity index (χ2n) is 7.49. The number of aromatic amines is 1. The number of carbonyl (C=O) groups excluding carboxylic acids is 1. The molecule has 1 fully saturated rings. The van der Waals surface area contributed by atoms with Crippen LogP contribution in [0.4, 0.5) is 10.6 Å². The maximum absolute atomic E-state index is 12.4. The first kappa shape index (κ1) is 17.4. The molecule has 1 aliphatic rings. The second kappa shape index (κ2) is 6.73. The van der Waals surface area contributed by atoms with Gasteiger partial charge in [-0.1, -0.05) is 38.1 Å². The molecule has 8 heteroatoms. The summed E-state index contributed by atoms with van der Waals surface area (Å²) in [7, 11) is 0. The van der Waals surface area contributed by atoms with E-state index in [0.717, 1.165) is 28.2 Å². The van der Waals surface area contributed by atoms with Gasteiger partial charge in [-0.05, 0) is 17.5 Å². The Bertz CT molecular complexity index is 1160. The normalized spacial score (nSPS) is 16.7. The van der Waals surface area contributed by atoms with Crippen LogP contribution < -0.4 is 10.2 Å². The van der Waals surface area contributed by atoms with Gasteiger partial charge in [-0.15, -0.1) is 0 Å². The Balaban J connectivity index is 1.54. The van der Waals surface area contributed by atoms with E-state index in [2.05, 4.69) is 34.2 Å². The van der Waals surface area contributed by atoms with Crippen molar-refractivity contribution >= 4 is 17.5 Å². The molecule has 0 saturated carbocycles. The minimum atomic E-state index is -0.107. The van der Waals surface area contributed by atoms with Crippen molar-refractivity contribution in [1.82, 2.24) is 29.9 Å². The highest BCUT2D eigenvalue weighted by Crippen LogP contribution is 2.29. The molecule has 4 aromatic rings. The number of benzene rings is 1. The number of fused-ring (bicyclic) bond motifs is 1. The zero-order valence-corrected chi connectivity index (χ0v) is 16.2. The molecule has 146 valence electrons. The number of amides is 2. The van der Waals surface area contributed by atoms with E-state index < -0.39 is 0 Å². The maximum Gasteiger partial charge on any atom is 0.323 e. The van der Waals surface area contributed by atoms with Gasteiger partial charge in [0, 0.05) is 36.3 Å².